The van der Waals surface area contributed by atoms with E-state index >= 15 is 0 Å². The van der Waals surface area contributed by atoms with Gasteiger partial charge in [0.25, 0.3) is 0 Å². The molecule has 1 amide bonds. The second kappa shape index (κ2) is 12.2. The standard InChI is InChI=1S/C18H35NO/c1-2-3-4-5-6-7-8-9-10-11-14-17-15-12-13-16-19-18(17)20/h17H,2-16H2,1H3,(H,19,20). The van der Waals surface area contributed by atoms with Gasteiger partial charge in [-0.25, -0.2) is 0 Å². The first-order chi connectivity index (χ1) is 9.84. The van der Waals surface area contributed by atoms with Gasteiger partial charge in [-0.2, -0.15) is 0 Å². The topological polar surface area (TPSA) is 29.1 Å². The van der Waals surface area contributed by atoms with Crippen molar-refractivity contribution in [3.8, 4) is 0 Å². The van der Waals surface area contributed by atoms with Crippen molar-refractivity contribution < 1.29 is 4.79 Å². The summed E-state index contributed by atoms with van der Waals surface area (Å²) in [4.78, 5) is 11.8. The van der Waals surface area contributed by atoms with Crippen LogP contribution in [0, 0.1) is 5.92 Å². The molecule has 2 heteroatoms. The highest BCUT2D eigenvalue weighted by atomic mass is 16.1. The molecule has 2 nitrogen and oxygen atoms in total. The van der Waals surface area contributed by atoms with E-state index in [1.165, 1.54) is 77.0 Å². The predicted octanol–water partition coefficient (Wildman–Crippen LogP) is 5.21. The van der Waals surface area contributed by atoms with E-state index in [4.69, 9.17) is 0 Å². The summed E-state index contributed by atoms with van der Waals surface area (Å²) < 4.78 is 0. The predicted molar refractivity (Wildman–Crippen MR) is 86.8 cm³/mol. The monoisotopic (exact) mass is 281 g/mol. The Kier molecular flexibility index (Phi) is 10.7. The molecule has 1 rings (SSSR count). The number of carbonyl (C=O) groups is 1. The van der Waals surface area contributed by atoms with E-state index in [0.29, 0.717) is 11.8 Å². The van der Waals surface area contributed by atoms with Crippen molar-refractivity contribution in [3.63, 3.8) is 0 Å². The lowest BCUT2D eigenvalue weighted by atomic mass is 9.95. The summed E-state index contributed by atoms with van der Waals surface area (Å²) in [5, 5.41) is 3.04. The molecule has 0 aromatic heterocycles. The fourth-order valence-corrected chi connectivity index (χ4v) is 3.16. The Balaban J connectivity index is 1.87. The minimum Gasteiger partial charge on any atom is -0.356 e. The van der Waals surface area contributed by atoms with Crippen LogP contribution in [0.3, 0.4) is 0 Å². The molecule has 1 unspecified atom stereocenters. The van der Waals surface area contributed by atoms with Crippen molar-refractivity contribution in [1.29, 1.82) is 0 Å². The third kappa shape index (κ3) is 8.60. The molecule has 20 heavy (non-hydrogen) atoms. The van der Waals surface area contributed by atoms with Gasteiger partial charge in [-0.3, -0.25) is 4.79 Å². The summed E-state index contributed by atoms with van der Waals surface area (Å²) >= 11 is 0. The lowest BCUT2D eigenvalue weighted by Gasteiger charge is -2.12. The maximum atomic E-state index is 11.8. The van der Waals surface area contributed by atoms with Gasteiger partial charge in [0.05, 0.1) is 0 Å². The zero-order valence-corrected chi connectivity index (χ0v) is 13.6. The Morgan fingerprint density at radius 2 is 1.50 bits per heavy atom. The van der Waals surface area contributed by atoms with Crippen molar-refractivity contribution in [2.75, 3.05) is 6.54 Å². The first-order valence-electron chi connectivity index (χ1n) is 9.12. The van der Waals surface area contributed by atoms with Crippen LogP contribution in [0.4, 0.5) is 0 Å². The Hall–Kier alpha value is -0.530. The molecular formula is C18H35NO. The maximum Gasteiger partial charge on any atom is 0.223 e. The average Bonchev–Trinajstić information content (AvgIpc) is 2.66. The molecule has 0 aromatic rings. The van der Waals surface area contributed by atoms with E-state index in [0.717, 1.165) is 19.4 Å². The highest BCUT2D eigenvalue weighted by molar-refractivity contribution is 5.78. The van der Waals surface area contributed by atoms with Crippen LogP contribution in [-0.2, 0) is 4.79 Å². The number of hydrogen-bond donors (Lipinski definition) is 1. The summed E-state index contributed by atoms with van der Waals surface area (Å²) in [7, 11) is 0. The Labute approximate surface area is 126 Å². The van der Waals surface area contributed by atoms with Crippen molar-refractivity contribution >= 4 is 5.91 Å². The first kappa shape index (κ1) is 17.5. The van der Waals surface area contributed by atoms with Crippen LogP contribution >= 0.6 is 0 Å². The molecular weight excluding hydrogens is 246 g/mol. The Morgan fingerprint density at radius 1 is 0.900 bits per heavy atom. The van der Waals surface area contributed by atoms with Crippen LogP contribution in [0.2, 0.25) is 0 Å². The van der Waals surface area contributed by atoms with E-state index in [1.807, 2.05) is 0 Å². The molecule has 1 aliphatic heterocycles. The largest absolute Gasteiger partial charge is 0.356 e. The SMILES string of the molecule is CCCCCCCCCCCCC1CCCCNC1=O. The third-order valence-corrected chi connectivity index (χ3v) is 4.56. The summed E-state index contributed by atoms with van der Waals surface area (Å²) in [6.07, 6.45) is 18.4. The quantitative estimate of drug-likeness (QED) is 0.517. The number of hydrogen-bond acceptors (Lipinski definition) is 1. The third-order valence-electron chi connectivity index (χ3n) is 4.56. The Morgan fingerprint density at radius 3 is 2.15 bits per heavy atom. The first-order valence-corrected chi connectivity index (χ1v) is 9.12. The van der Waals surface area contributed by atoms with Crippen molar-refractivity contribution in [2.45, 2.75) is 96.8 Å². The van der Waals surface area contributed by atoms with Gasteiger partial charge in [-0.05, 0) is 19.3 Å². The number of nitrogens with one attached hydrogen (secondary N) is 1. The van der Waals surface area contributed by atoms with Gasteiger partial charge in [-0.15, -0.1) is 0 Å². The minimum atomic E-state index is 0.312. The van der Waals surface area contributed by atoms with E-state index in [9.17, 15) is 4.79 Å². The molecule has 1 saturated heterocycles. The molecule has 1 aliphatic rings. The number of unbranched alkanes of at least 4 members (excludes halogenated alkanes) is 9. The second-order valence-electron chi connectivity index (χ2n) is 6.45. The molecule has 1 N–H and O–H groups in total. The number of carbonyl (C=O) groups excluding carboxylic acids is 1. The molecule has 0 bridgehead atoms. The number of rotatable bonds is 11. The molecule has 1 fully saturated rings. The van der Waals surface area contributed by atoms with Gasteiger partial charge < -0.3 is 5.32 Å². The van der Waals surface area contributed by atoms with Crippen LogP contribution in [0.1, 0.15) is 96.8 Å². The van der Waals surface area contributed by atoms with E-state index in [1.54, 1.807) is 0 Å². The van der Waals surface area contributed by atoms with Gasteiger partial charge in [0.2, 0.25) is 5.91 Å². The van der Waals surface area contributed by atoms with Gasteiger partial charge in [0, 0.05) is 12.5 Å². The van der Waals surface area contributed by atoms with Gasteiger partial charge in [0.15, 0.2) is 0 Å². The number of amides is 1. The molecule has 0 aromatic carbocycles. The van der Waals surface area contributed by atoms with E-state index in [-0.39, 0.29) is 0 Å². The highest BCUT2D eigenvalue weighted by Crippen LogP contribution is 2.20. The van der Waals surface area contributed by atoms with Gasteiger partial charge >= 0.3 is 0 Å². The van der Waals surface area contributed by atoms with Gasteiger partial charge in [0.1, 0.15) is 0 Å². The Bertz CT molecular complexity index is 240. The molecule has 0 radical (unpaired) electrons. The van der Waals surface area contributed by atoms with Crippen molar-refractivity contribution in [1.82, 2.24) is 5.32 Å². The average molecular weight is 281 g/mol. The fraction of sp³-hybridized carbons (Fsp3) is 0.944. The second-order valence-corrected chi connectivity index (χ2v) is 6.45. The zero-order chi connectivity index (χ0) is 14.5. The minimum absolute atomic E-state index is 0.312. The highest BCUT2D eigenvalue weighted by Gasteiger charge is 2.19. The lowest BCUT2D eigenvalue weighted by Crippen LogP contribution is -2.28. The van der Waals surface area contributed by atoms with E-state index in [2.05, 4.69) is 12.2 Å². The van der Waals surface area contributed by atoms with Crippen LogP contribution in [0.25, 0.3) is 0 Å². The van der Waals surface area contributed by atoms with E-state index < -0.39 is 0 Å². The van der Waals surface area contributed by atoms with Crippen LogP contribution in [0.5, 0.6) is 0 Å². The zero-order valence-electron chi connectivity index (χ0n) is 13.6. The smallest absolute Gasteiger partial charge is 0.223 e. The van der Waals surface area contributed by atoms with Gasteiger partial charge in [-0.1, -0.05) is 77.6 Å². The van der Waals surface area contributed by atoms with Crippen LogP contribution < -0.4 is 5.32 Å². The van der Waals surface area contributed by atoms with Crippen LogP contribution in [-0.4, -0.2) is 12.5 Å². The molecule has 0 saturated carbocycles. The molecule has 0 aliphatic carbocycles. The summed E-state index contributed by atoms with van der Waals surface area (Å²) in [5.41, 5.74) is 0. The fourth-order valence-electron chi connectivity index (χ4n) is 3.16. The lowest BCUT2D eigenvalue weighted by molar-refractivity contribution is -0.124. The summed E-state index contributed by atoms with van der Waals surface area (Å²) in [6, 6.07) is 0. The van der Waals surface area contributed by atoms with Crippen molar-refractivity contribution in [2.24, 2.45) is 5.92 Å². The van der Waals surface area contributed by atoms with Crippen molar-refractivity contribution in [3.05, 3.63) is 0 Å². The summed E-state index contributed by atoms with van der Waals surface area (Å²) in [5.74, 6) is 0.630. The molecule has 1 atom stereocenters. The molecule has 0 spiro atoms. The molecule has 118 valence electrons. The maximum absolute atomic E-state index is 11.8. The van der Waals surface area contributed by atoms with Crippen LogP contribution in [0.15, 0.2) is 0 Å². The molecule has 1 heterocycles. The normalized spacial score (nSPS) is 19.6. The summed E-state index contributed by atoms with van der Waals surface area (Å²) in [6.45, 7) is 3.17.